The number of halogens is 2. The van der Waals surface area contributed by atoms with E-state index in [1.165, 1.54) is 0 Å². The molecular weight excluding hydrogens is 361 g/mol. The molecule has 0 aliphatic rings. The average molecular weight is 380 g/mol. The molecule has 5 nitrogen and oxygen atoms in total. The van der Waals surface area contributed by atoms with Crippen molar-refractivity contribution < 1.29 is 9.59 Å². The minimum Gasteiger partial charge on any atom is -0.336 e. The van der Waals surface area contributed by atoms with E-state index < -0.39 is 0 Å². The second kappa shape index (κ2) is 8.74. The van der Waals surface area contributed by atoms with Crippen molar-refractivity contribution in [2.24, 2.45) is 0 Å². The van der Waals surface area contributed by atoms with Crippen molar-refractivity contribution in [3.63, 3.8) is 0 Å². The van der Waals surface area contributed by atoms with Gasteiger partial charge in [-0.25, -0.2) is 4.79 Å². The summed E-state index contributed by atoms with van der Waals surface area (Å²) < 4.78 is 0. The maximum Gasteiger partial charge on any atom is 0.319 e. The molecule has 0 spiro atoms. The topological polar surface area (TPSA) is 70.2 Å². The highest BCUT2D eigenvalue weighted by Crippen LogP contribution is 2.22. The molecule has 0 bridgehead atoms. The Balaban J connectivity index is 1.92. The van der Waals surface area contributed by atoms with Crippen LogP contribution >= 0.6 is 23.2 Å². The highest BCUT2D eigenvalue weighted by Gasteiger charge is 2.09. The van der Waals surface area contributed by atoms with Gasteiger partial charge in [-0.1, -0.05) is 29.3 Å². The highest BCUT2D eigenvalue weighted by atomic mass is 35.5. The van der Waals surface area contributed by atoms with Crippen LogP contribution in [0.3, 0.4) is 0 Å². The molecule has 0 unspecified atom stereocenters. The van der Waals surface area contributed by atoms with Gasteiger partial charge < -0.3 is 16.0 Å². The van der Waals surface area contributed by atoms with Gasteiger partial charge in [-0.3, -0.25) is 4.79 Å². The standard InChI is InChI=1S/C18H19Cl2N3O2/c1-11(2)21-18(25)23-15-7-5-14(6-8-15)22-17(24)9-12-3-4-13(19)10-16(12)20/h3-8,10-11H,9H2,1-2H3,(H,22,24)(H2,21,23,25). The van der Waals surface area contributed by atoms with E-state index in [0.29, 0.717) is 27.0 Å². The molecule has 0 atom stereocenters. The van der Waals surface area contributed by atoms with Crippen LogP contribution in [-0.4, -0.2) is 18.0 Å². The fraction of sp³-hybridized carbons (Fsp3) is 0.222. The normalized spacial score (nSPS) is 10.4. The number of hydrogen-bond donors (Lipinski definition) is 3. The molecule has 0 fully saturated rings. The lowest BCUT2D eigenvalue weighted by Crippen LogP contribution is -2.34. The fourth-order valence-electron chi connectivity index (χ4n) is 2.11. The zero-order chi connectivity index (χ0) is 18.4. The van der Waals surface area contributed by atoms with Crippen LogP contribution in [0.15, 0.2) is 42.5 Å². The zero-order valence-electron chi connectivity index (χ0n) is 13.9. The van der Waals surface area contributed by atoms with E-state index in [0.717, 1.165) is 0 Å². The van der Waals surface area contributed by atoms with Gasteiger partial charge >= 0.3 is 6.03 Å². The summed E-state index contributed by atoms with van der Waals surface area (Å²) in [5.74, 6) is -0.192. The van der Waals surface area contributed by atoms with Crippen LogP contribution in [0.2, 0.25) is 10.0 Å². The molecule has 0 saturated heterocycles. The molecule has 0 aliphatic heterocycles. The highest BCUT2D eigenvalue weighted by molar-refractivity contribution is 6.35. The number of nitrogens with one attached hydrogen (secondary N) is 3. The first-order valence-electron chi connectivity index (χ1n) is 7.75. The Morgan fingerprint density at radius 2 is 1.56 bits per heavy atom. The summed E-state index contributed by atoms with van der Waals surface area (Å²) in [5, 5.41) is 9.22. The van der Waals surface area contributed by atoms with Gasteiger partial charge in [0.2, 0.25) is 5.91 Å². The number of rotatable bonds is 5. The molecule has 2 rings (SSSR count). The number of anilines is 2. The number of benzene rings is 2. The number of carbonyl (C=O) groups is 2. The van der Waals surface area contributed by atoms with E-state index in [2.05, 4.69) is 16.0 Å². The van der Waals surface area contributed by atoms with Gasteiger partial charge in [-0.2, -0.15) is 0 Å². The van der Waals surface area contributed by atoms with Crippen molar-refractivity contribution in [2.75, 3.05) is 10.6 Å². The molecule has 0 aliphatic carbocycles. The van der Waals surface area contributed by atoms with Crippen LogP contribution in [0.1, 0.15) is 19.4 Å². The number of carbonyl (C=O) groups excluding carboxylic acids is 2. The maximum atomic E-state index is 12.1. The summed E-state index contributed by atoms with van der Waals surface area (Å²) in [5.41, 5.74) is 1.97. The summed E-state index contributed by atoms with van der Waals surface area (Å²) in [4.78, 5) is 23.8. The Kier molecular flexibility index (Phi) is 6.67. The van der Waals surface area contributed by atoms with Crippen LogP contribution < -0.4 is 16.0 Å². The molecule has 0 saturated carbocycles. The molecule has 0 aromatic heterocycles. The minimum atomic E-state index is -0.274. The van der Waals surface area contributed by atoms with Crippen LogP contribution in [0, 0.1) is 0 Å². The summed E-state index contributed by atoms with van der Waals surface area (Å²) in [6, 6.07) is 11.7. The smallest absolute Gasteiger partial charge is 0.319 e. The second-order valence-electron chi connectivity index (χ2n) is 5.79. The van der Waals surface area contributed by atoms with Gasteiger partial charge in [0.25, 0.3) is 0 Å². The van der Waals surface area contributed by atoms with Crippen molar-refractivity contribution in [3.8, 4) is 0 Å². The van der Waals surface area contributed by atoms with E-state index in [1.54, 1.807) is 42.5 Å². The zero-order valence-corrected chi connectivity index (χ0v) is 15.4. The van der Waals surface area contributed by atoms with Gasteiger partial charge in [-0.05, 0) is 55.8 Å². The van der Waals surface area contributed by atoms with E-state index in [9.17, 15) is 9.59 Å². The second-order valence-corrected chi connectivity index (χ2v) is 6.63. The minimum absolute atomic E-state index is 0.0539. The van der Waals surface area contributed by atoms with Gasteiger partial charge in [0.05, 0.1) is 6.42 Å². The van der Waals surface area contributed by atoms with E-state index in [1.807, 2.05) is 13.8 Å². The van der Waals surface area contributed by atoms with Crippen LogP contribution in [0.5, 0.6) is 0 Å². The first kappa shape index (κ1) is 19.1. The Bertz CT molecular complexity index is 761. The summed E-state index contributed by atoms with van der Waals surface area (Å²) in [6.07, 6.45) is 0.146. The van der Waals surface area contributed by atoms with E-state index in [4.69, 9.17) is 23.2 Å². The Labute approximate surface area is 156 Å². The first-order chi connectivity index (χ1) is 11.8. The molecule has 0 radical (unpaired) electrons. The Morgan fingerprint density at radius 1 is 0.960 bits per heavy atom. The largest absolute Gasteiger partial charge is 0.336 e. The van der Waals surface area contributed by atoms with Crippen molar-refractivity contribution in [1.29, 1.82) is 0 Å². The van der Waals surface area contributed by atoms with Crippen LogP contribution in [0.4, 0.5) is 16.2 Å². The summed E-state index contributed by atoms with van der Waals surface area (Å²) >= 11 is 11.9. The quantitative estimate of drug-likeness (QED) is 0.704. The Hall–Kier alpha value is -2.24. The summed E-state index contributed by atoms with van der Waals surface area (Å²) in [6.45, 7) is 3.76. The molecule has 3 N–H and O–H groups in total. The van der Waals surface area contributed by atoms with Crippen molar-refractivity contribution in [2.45, 2.75) is 26.3 Å². The summed E-state index contributed by atoms with van der Waals surface area (Å²) in [7, 11) is 0. The maximum absolute atomic E-state index is 12.1. The molecule has 7 heteroatoms. The lowest BCUT2D eigenvalue weighted by atomic mass is 10.1. The molecule has 2 aromatic carbocycles. The third kappa shape index (κ3) is 6.29. The van der Waals surface area contributed by atoms with Gasteiger partial charge in [-0.15, -0.1) is 0 Å². The van der Waals surface area contributed by atoms with Gasteiger partial charge in [0.1, 0.15) is 0 Å². The first-order valence-corrected chi connectivity index (χ1v) is 8.50. The lowest BCUT2D eigenvalue weighted by molar-refractivity contribution is -0.115. The van der Waals surface area contributed by atoms with Gasteiger partial charge in [0, 0.05) is 27.5 Å². The number of amides is 3. The van der Waals surface area contributed by atoms with Crippen LogP contribution in [-0.2, 0) is 11.2 Å². The number of hydrogen-bond acceptors (Lipinski definition) is 2. The van der Waals surface area contributed by atoms with Crippen molar-refractivity contribution in [3.05, 3.63) is 58.1 Å². The molecule has 2 aromatic rings. The predicted molar refractivity (Wildman–Crippen MR) is 103 cm³/mol. The molecule has 0 heterocycles. The SMILES string of the molecule is CC(C)NC(=O)Nc1ccc(NC(=O)Cc2ccc(Cl)cc2Cl)cc1. The molecule has 25 heavy (non-hydrogen) atoms. The fourth-order valence-corrected chi connectivity index (χ4v) is 2.58. The average Bonchev–Trinajstić information content (AvgIpc) is 2.51. The van der Waals surface area contributed by atoms with Crippen molar-refractivity contribution >= 4 is 46.5 Å². The van der Waals surface area contributed by atoms with E-state index in [-0.39, 0.29) is 24.4 Å². The van der Waals surface area contributed by atoms with Crippen LogP contribution in [0.25, 0.3) is 0 Å². The number of urea groups is 1. The molecule has 3 amide bonds. The van der Waals surface area contributed by atoms with Gasteiger partial charge in [0.15, 0.2) is 0 Å². The third-order valence-electron chi connectivity index (χ3n) is 3.21. The Morgan fingerprint density at radius 3 is 2.12 bits per heavy atom. The predicted octanol–water partition coefficient (Wildman–Crippen LogP) is 4.70. The lowest BCUT2D eigenvalue weighted by Gasteiger charge is -2.11. The van der Waals surface area contributed by atoms with Crippen molar-refractivity contribution in [1.82, 2.24) is 5.32 Å². The van der Waals surface area contributed by atoms with E-state index >= 15 is 0 Å². The third-order valence-corrected chi connectivity index (χ3v) is 3.80. The molecular formula is C18H19Cl2N3O2. The monoisotopic (exact) mass is 379 g/mol. The molecule has 132 valence electrons.